The Hall–Kier alpha value is -3.67. The van der Waals surface area contributed by atoms with E-state index in [0.29, 0.717) is 12.2 Å². The number of nitrogens with zero attached hydrogens (tertiary/aromatic N) is 1. The third kappa shape index (κ3) is 5.53. The van der Waals surface area contributed by atoms with Crippen LogP contribution in [-0.2, 0) is 4.74 Å². The van der Waals surface area contributed by atoms with Crippen LogP contribution in [0.4, 0.5) is 5.69 Å². The number of ether oxygens (including phenoxy) is 2. The van der Waals surface area contributed by atoms with Crippen molar-refractivity contribution < 1.29 is 14.3 Å². The maximum atomic E-state index is 13.2. The van der Waals surface area contributed by atoms with Gasteiger partial charge in [-0.2, -0.15) is 0 Å². The number of carbonyl (C=O) groups excluding carboxylic acids is 1. The van der Waals surface area contributed by atoms with Gasteiger partial charge in [-0.15, -0.1) is 0 Å². The van der Waals surface area contributed by atoms with Gasteiger partial charge in [-0.3, -0.25) is 9.69 Å². The van der Waals surface area contributed by atoms with Gasteiger partial charge in [-0.1, -0.05) is 66.2 Å². The predicted molar refractivity (Wildman–Crippen MR) is 141 cm³/mol. The summed E-state index contributed by atoms with van der Waals surface area (Å²) in [6.45, 7) is 7.01. The lowest BCUT2D eigenvalue weighted by Crippen LogP contribution is -2.38. The number of benzene rings is 4. The SMILES string of the molecule is Cc1cccc(-c2cccc(C(=O)Nc3ccc(OCCN4CCOCC4)c4ccccc34)c2)c1. The third-order valence-electron chi connectivity index (χ3n) is 6.38. The summed E-state index contributed by atoms with van der Waals surface area (Å²) in [5, 5.41) is 5.05. The smallest absolute Gasteiger partial charge is 0.255 e. The zero-order chi connectivity index (χ0) is 24.0. The highest BCUT2D eigenvalue weighted by Gasteiger charge is 2.13. The molecule has 1 fully saturated rings. The molecule has 0 radical (unpaired) electrons. The summed E-state index contributed by atoms with van der Waals surface area (Å²) in [5.74, 6) is 0.693. The Balaban J connectivity index is 1.33. The van der Waals surface area contributed by atoms with Crippen molar-refractivity contribution in [3.8, 4) is 16.9 Å². The van der Waals surface area contributed by atoms with Crippen LogP contribution in [0.25, 0.3) is 21.9 Å². The van der Waals surface area contributed by atoms with Gasteiger partial charge in [0.25, 0.3) is 5.91 Å². The molecule has 1 amide bonds. The minimum atomic E-state index is -0.134. The Bertz CT molecular complexity index is 1330. The number of fused-ring (bicyclic) bond motifs is 1. The second kappa shape index (κ2) is 10.7. The predicted octanol–water partition coefficient (Wildman–Crippen LogP) is 5.78. The number of carbonyl (C=O) groups is 1. The monoisotopic (exact) mass is 466 g/mol. The van der Waals surface area contributed by atoms with Crippen LogP contribution in [0.15, 0.2) is 84.9 Å². The van der Waals surface area contributed by atoms with Crippen molar-refractivity contribution in [2.45, 2.75) is 6.92 Å². The molecule has 0 bridgehead atoms. The van der Waals surface area contributed by atoms with E-state index in [9.17, 15) is 4.79 Å². The van der Waals surface area contributed by atoms with Crippen LogP contribution in [0.2, 0.25) is 0 Å². The van der Waals surface area contributed by atoms with Crippen LogP contribution < -0.4 is 10.1 Å². The topological polar surface area (TPSA) is 50.8 Å². The highest BCUT2D eigenvalue weighted by atomic mass is 16.5. The first-order valence-electron chi connectivity index (χ1n) is 12.1. The summed E-state index contributed by atoms with van der Waals surface area (Å²) in [4.78, 5) is 15.5. The normalized spacial score (nSPS) is 14.1. The van der Waals surface area contributed by atoms with E-state index in [0.717, 1.165) is 66.2 Å². The number of hydrogen-bond donors (Lipinski definition) is 1. The first-order chi connectivity index (χ1) is 17.2. The molecule has 1 N–H and O–H groups in total. The van der Waals surface area contributed by atoms with Crippen LogP contribution in [0.3, 0.4) is 0 Å². The molecular weight excluding hydrogens is 436 g/mol. The van der Waals surface area contributed by atoms with Gasteiger partial charge in [0.05, 0.1) is 13.2 Å². The van der Waals surface area contributed by atoms with E-state index in [1.165, 1.54) is 5.56 Å². The number of aryl methyl sites for hydroxylation is 1. The largest absolute Gasteiger partial charge is 0.492 e. The molecule has 0 atom stereocenters. The van der Waals surface area contributed by atoms with Gasteiger partial charge >= 0.3 is 0 Å². The second-order valence-electron chi connectivity index (χ2n) is 8.86. The number of amides is 1. The minimum absolute atomic E-state index is 0.134. The van der Waals surface area contributed by atoms with Crippen molar-refractivity contribution in [1.82, 2.24) is 4.90 Å². The van der Waals surface area contributed by atoms with Gasteiger partial charge in [-0.05, 0) is 42.3 Å². The van der Waals surface area contributed by atoms with E-state index in [4.69, 9.17) is 9.47 Å². The molecule has 178 valence electrons. The van der Waals surface area contributed by atoms with Gasteiger partial charge in [-0.25, -0.2) is 0 Å². The van der Waals surface area contributed by atoms with Gasteiger partial charge in [0.15, 0.2) is 0 Å². The molecular formula is C30H30N2O3. The molecule has 0 saturated carbocycles. The zero-order valence-corrected chi connectivity index (χ0v) is 20.0. The molecule has 5 heteroatoms. The average Bonchev–Trinajstić information content (AvgIpc) is 2.90. The molecule has 1 saturated heterocycles. The number of anilines is 1. The van der Waals surface area contributed by atoms with Crippen molar-refractivity contribution in [3.05, 3.63) is 96.1 Å². The lowest BCUT2D eigenvalue weighted by molar-refractivity contribution is 0.0323. The fourth-order valence-corrected chi connectivity index (χ4v) is 4.47. The Labute approximate surface area is 206 Å². The van der Waals surface area contributed by atoms with Crippen LogP contribution in [0, 0.1) is 6.92 Å². The average molecular weight is 467 g/mol. The van der Waals surface area contributed by atoms with Crippen molar-refractivity contribution >= 4 is 22.4 Å². The fourth-order valence-electron chi connectivity index (χ4n) is 4.47. The van der Waals surface area contributed by atoms with Crippen molar-refractivity contribution in [3.63, 3.8) is 0 Å². The van der Waals surface area contributed by atoms with Crippen molar-refractivity contribution in [1.29, 1.82) is 0 Å². The lowest BCUT2D eigenvalue weighted by Gasteiger charge is -2.26. The Morgan fingerprint density at radius 2 is 1.63 bits per heavy atom. The highest BCUT2D eigenvalue weighted by Crippen LogP contribution is 2.32. The van der Waals surface area contributed by atoms with Crippen LogP contribution >= 0.6 is 0 Å². The Morgan fingerprint density at radius 1 is 0.886 bits per heavy atom. The quantitative estimate of drug-likeness (QED) is 0.375. The zero-order valence-electron chi connectivity index (χ0n) is 20.0. The number of hydrogen-bond acceptors (Lipinski definition) is 4. The molecule has 0 aromatic heterocycles. The van der Waals surface area contributed by atoms with Gasteiger partial charge in [0, 0.05) is 41.7 Å². The first-order valence-corrected chi connectivity index (χ1v) is 12.1. The summed E-state index contributed by atoms with van der Waals surface area (Å²) in [6.07, 6.45) is 0. The maximum absolute atomic E-state index is 13.2. The molecule has 4 aromatic carbocycles. The summed E-state index contributed by atoms with van der Waals surface area (Å²) in [7, 11) is 0. The molecule has 35 heavy (non-hydrogen) atoms. The molecule has 4 aromatic rings. The molecule has 1 aliphatic heterocycles. The minimum Gasteiger partial charge on any atom is -0.492 e. The summed E-state index contributed by atoms with van der Waals surface area (Å²) in [6, 6.07) is 27.9. The molecule has 5 rings (SSSR count). The lowest BCUT2D eigenvalue weighted by atomic mass is 10.0. The van der Waals surface area contributed by atoms with E-state index < -0.39 is 0 Å². The van der Waals surface area contributed by atoms with Crippen molar-refractivity contribution in [2.75, 3.05) is 44.8 Å². The van der Waals surface area contributed by atoms with Gasteiger partial charge in [0.1, 0.15) is 12.4 Å². The number of morpholine rings is 1. The molecule has 0 spiro atoms. The van der Waals surface area contributed by atoms with E-state index in [1.54, 1.807) is 0 Å². The van der Waals surface area contributed by atoms with Gasteiger partial charge < -0.3 is 14.8 Å². The van der Waals surface area contributed by atoms with E-state index in [-0.39, 0.29) is 5.91 Å². The highest BCUT2D eigenvalue weighted by molar-refractivity contribution is 6.10. The second-order valence-corrected chi connectivity index (χ2v) is 8.86. The third-order valence-corrected chi connectivity index (χ3v) is 6.38. The molecule has 1 aliphatic rings. The van der Waals surface area contributed by atoms with E-state index in [1.807, 2.05) is 66.7 Å². The summed E-state index contributed by atoms with van der Waals surface area (Å²) < 4.78 is 11.6. The van der Waals surface area contributed by atoms with Crippen LogP contribution in [0.5, 0.6) is 5.75 Å². The summed E-state index contributed by atoms with van der Waals surface area (Å²) in [5.41, 5.74) is 4.71. The number of nitrogens with one attached hydrogen (secondary N) is 1. The molecule has 0 aliphatic carbocycles. The van der Waals surface area contributed by atoms with Crippen LogP contribution in [-0.4, -0.2) is 50.3 Å². The standard InChI is InChI=1S/C30H30N2O3/c1-22-6-4-7-23(20-22)24-8-5-9-25(21-24)30(33)31-28-12-13-29(27-11-3-2-10-26(27)28)35-19-16-32-14-17-34-18-15-32/h2-13,20-21H,14-19H2,1H3,(H,31,33). The molecule has 0 unspecified atom stereocenters. The van der Waals surface area contributed by atoms with E-state index in [2.05, 4.69) is 35.3 Å². The Kier molecular flexibility index (Phi) is 7.07. The van der Waals surface area contributed by atoms with Gasteiger partial charge in [0.2, 0.25) is 0 Å². The maximum Gasteiger partial charge on any atom is 0.255 e. The first kappa shape index (κ1) is 23.1. The van der Waals surface area contributed by atoms with Crippen molar-refractivity contribution in [2.24, 2.45) is 0 Å². The fraction of sp³-hybridized carbons (Fsp3) is 0.233. The van der Waals surface area contributed by atoms with E-state index >= 15 is 0 Å². The number of rotatable bonds is 7. The molecule has 5 nitrogen and oxygen atoms in total. The Morgan fingerprint density at radius 3 is 2.43 bits per heavy atom. The summed E-state index contributed by atoms with van der Waals surface area (Å²) >= 11 is 0. The molecule has 1 heterocycles. The van der Waals surface area contributed by atoms with Crippen LogP contribution in [0.1, 0.15) is 15.9 Å².